The molecule has 0 heterocycles. The first-order chi connectivity index (χ1) is 12.9. The van der Waals surface area contributed by atoms with Gasteiger partial charge in [0.25, 0.3) is 5.91 Å². The molecule has 2 aromatic carbocycles. The highest BCUT2D eigenvalue weighted by atomic mass is 79.9. The van der Waals surface area contributed by atoms with Gasteiger partial charge in [-0.3, -0.25) is 4.79 Å². The molecule has 2 aromatic rings. The van der Waals surface area contributed by atoms with E-state index in [1.54, 1.807) is 0 Å². The normalized spacial score (nSPS) is 10.4. The summed E-state index contributed by atoms with van der Waals surface area (Å²) in [7, 11) is 0. The van der Waals surface area contributed by atoms with Gasteiger partial charge in [0.2, 0.25) is 0 Å². The van der Waals surface area contributed by atoms with Gasteiger partial charge in [-0.1, -0.05) is 22.0 Å². The molecule has 0 saturated heterocycles. The maximum atomic E-state index is 12.1. The fraction of sp³-hybridized carbons (Fsp3) is 0.381. The molecule has 0 bridgehead atoms. The summed E-state index contributed by atoms with van der Waals surface area (Å²) in [6.45, 7) is 9.32. The minimum absolute atomic E-state index is 0.0319. The Morgan fingerprint density at radius 2 is 1.59 bits per heavy atom. The molecule has 0 fully saturated rings. The zero-order valence-electron chi connectivity index (χ0n) is 16.2. The number of hydrogen-bond acceptors (Lipinski definition) is 4. The van der Waals surface area contributed by atoms with Crippen LogP contribution in [0.5, 0.6) is 17.2 Å². The van der Waals surface area contributed by atoms with Crippen LogP contribution in [0, 0.1) is 13.8 Å². The van der Waals surface area contributed by atoms with Crippen LogP contribution in [0.2, 0.25) is 0 Å². The second kappa shape index (κ2) is 10.2. The maximum absolute atomic E-state index is 12.1. The number of halogens is 1. The lowest BCUT2D eigenvalue weighted by Gasteiger charge is -2.13. The van der Waals surface area contributed by atoms with E-state index in [-0.39, 0.29) is 12.5 Å². The molecule has 0 atom stereocenters. The summed E-state index contributed by atoms with van der Waals surface area (Å²) in [4.78, 5) is 12.1. The van der Waals surface area contributed by atoms with Crippen LogP contribution < -0.4 is 19.5 Å². The minimum atomic E-state index is -0.180. The number of carbonyl (C=O) groups excluding carboxylic acids is 1. The monoisotopic (exact) mass is 435 g/mol. The third-order valence-electron chi connectivity index (χ3n) is 3.88. The fourth-order valence-corrected chi connectivity index (χ4v) is 2.82. The lowest BCUT2D eigenvalue weighted by Crippen LogP contribution is -2.28. The highest BCUT2D eigenvalue weighted by Gasteiger charge is 2.09. The molecular formula is C21H26BrNO4. The Hall–Kier alpha value is -2.21. The third-order valence-corrected chi connectivity index (χ3v) is 5.13. The van der Waals surface area contributed by atoms with Crippen LogP contribution in [-0.4, -0.2) is 25.7 Å². The van der Waals surface area contributed by atoms with E-state index >= 15 is 0 Å². The number of hydrogen-bond donors (Lipinski definition) is 1. The van der Waals surface area contributed by atoms with Crippen LogP contribution >= 0.6 is 15.9 Å². The molecule has 0 spiro atoms. The predicted molar refractivity (Wildman–Crippen MR) is 110 cm³/mol. The van der Waals surface area contributed by atoms with Crippen molar-refractivity contribution >= 4 is 21.8 Å². The second-order valence-electron chi connectivity index (χ2n) is 6.08. The van der Waals surface area contributed by atoms with Crippen molar-refractivity contribution < 1.29 is 19.0 Å². The van der Waals surface area contributed by atoms with Crippen molar-refractivity contribution in [1.29, 1.82) is 0 Å². The summed E-state index contributed by atoms with van der Waals surface area (Å²) >= 11 is 3.52. The Morgan fingerprint density at radius 1 is 0.963 bits per heavy atom. The van der Waals surface area contributed by atoms with Gasteiger partial charge in [0.1, 0.15) is 5.75 Å². The third kappa shape index (κ3) is 6.17. The van der Waals surface area contributed by atoms with Gasteiger partial charge in [-0.15, -0.1) is 0 Å². The van der Waals surface area contributed by atoms with Crippen molar-refractivity contribution in [3.63, 3.8) is 0 Å². The molecule has 146 valence electrons. The van der Waals surface area contributed by atoms with Crippen molar-refractivity contribution in [1.82, 2.24) is 5.32 Å². The Labute approximate surface area is 169 Å². The van der Waals surface area contributed by atoms with Gasteiger partial charge in [-0.05, 0) is 68.7 Å². The van der Waals surface area contributed by atoms with Crippen LogP contribution in [-0.2, 0) is 11.3 Å². The molecule has 5 nitrogen and oxygen atoms in total. The molecule has 1 amide bonds. The molecule has 6 heteroatoms. The molecular weight excluding hydrogens is 410 g/mol. The van der Waals surface area contributed by atoms with Gasteiger partial charge in [0.05, 0.1) is 13.2 Å². The van der Waals surface area contributed by atoms with Gasteiger partial charge < -0.3 is 19.5 Å². The molecule has 0 aliphatic heterocycles. The predicted octanol–water partition coefficient (Wildman–Crippen LogP) is 4.56. The van der Waals surface area contributed by atoms with Crippen LogP contribution in [0.1, 0.15) is 30.5 Å². The average Bonchev–Trinajstić information content (AvgIpc) is 2.64. The summed E-state index contributed by atoms with van der Waals surface area (Å²) in [6, 6.07) is 9.48. The van der Waals surface area contributed by atoms with E-state index in [1.807, 2.05) is 58.0 Å². The average molecular weight is 436 g/mol. The van der Waals surface area contributed by atoms with E-state index in [0.717, 1.165) is 21.2 Å². The Bertz CT molecular complexity index is 769. The Morgan fingerprint density at radius 3 is 2.22 bits per heavy atom. The highest BCUT2D eigenvalue weighted by molar-refractivity contribution is 9.10. The van der Waals surface area contributed by atoms with E-state index in [2.05, 4.69) is 21.2 Å². The molecule has 0 unspecified atom stereocenters. The summed E-state index contributed by atoms with van der Waals surface area (Å²) in [5, 5.41) is 2.86. The Kier molecular flexibility index (Phi) is 7.98. The molecule has 1 N–H and O–H groups in total. The summed E-state index contributed by atoms with van der Waals surface area (Å²) < 4.78 is 17.8. The second-order valence-corrected chi connectivity index (χ2v) is 6.88. The van der Waals surface area contributed by atoms with Crippen molar-refractivity contribution in [2.45, 2.75) is 34.2 Å². The SMILES string of the molecule is CCOc1ccc(CNC(=O)COc2cc(C)c(Br)c(C)c2)cc1OCC. The summed E-state index contributed by atoms with van der Waals surface area (Å²) in [5.74, 6) is 1.89. The van der Waals surface area contributed by atoms with Gasteiger partial charge in [-0.25, -0.2) is 0 Å². The largest absolute Gasteiger partial charge is 0.490 e. The van der Waals surface area contributed by atoms with Crippen molar-refractivity contribution in [2.75, 3.05) is 19.8 Å². The number of amides is 1. The van der Waals surface area contributed by atoms with E-state index in [1.165, 1.54) is 0 Å². The Balaban J connectivity index is 1.90. The first-order valence-electron chi connectivity index (χ1n) is 8.99. The number of carbonyl (C=O) groups is 1. The van der Waals surface area contributed by atoms with Crippen molar-refractivity contribution in [2.24, 2.45) is 0 Å². The highest BCUT2D eigenvalue weighted by Crippen LogP contribution is 2.28. The van der Waals surface area contributed by atoms with Crippen molar-refractivity contribution in [3.05, 3.63) is 51.5 Å². The number of aryl methyl sites for hydroxylation is 2. The van der Waals surface area contributed by atoms with Gasteiger partial charge in [-0.2, -0.15) is 0 Å². The maximum Gasteiger partial charge on any atom is 0.258 e. The van der Waals surface area contributed by atoms with Crippen LogP contribution in [0.3, 0.4) is 0 Å². The minimum Gasteiger partial charge on any atom is -0.490 e. The lowest BCUT2D eigenvalue weighted by atomic mass is 10.1. The number of ether oxygens (including phenoxy) is 3. The van der Waals surface area contributed by atoms with E-state index < -0.39 is 0 Å². The first kappa shape index (κ1) is 21.1. The van der Waals surface area contributed by atoms with Crippen molar-refractivity contribution in [3.8, 4) is 17.2 Å². The molecule has 0 saturated carbocycles. The number of benzene rings is 2. The fourth-order valence-electron chi connectivity index (χ4n) is 2.60. The van der Waals surface area contributed by atoms with E-state index in [4.69, 9.17) is 14.2 Å². The number of rotatable bonds is 9. The topological polar surface area (TPSA) is 56.8 Å². The molecule has 0 radical (unpaired) electrons. The lowest BCUT2D eigenvalue weighted by molar-refractivity contribution is -0.123. The van der Waals surface area contributed by atoms with Gasteiger partial charge in [0.15, 0.2) is 18.1 Å². The first-order valence-corrected chi connectivity index (χ1v) is 9.78. The van der Waals surface area contributed by atoms with Gasteiger partial charge >= 0.3 is 0 Å². The van der Waals surface area contributed by atoms with Gasteiger partial charge in [0, 0.05) is 11.0 Å². The number of nitrogens with one attached hydrogen (secondary N) is 1. The van der Waals surface area contributed by atoms with Crippen LogP contribution in [0.15, 0.2) is 34.8 Å². The molecule has 2 rings (SSSR count). The zero-order chi connectivity index (χ0) is 19.8. The van der Waals surface area contributed by atoms with Crippen LogP contribution in [0.25, 0.3) is 0 Å². The smallest absolute Gasteiger partial charge is 0.258 e. The quantitative estimate of drug-likeness (QED) is 0.626. The molecule has 0 aromatic heterocycles. The summed E-state index contributed by atoms with van der Waals surface area (Å²) in [6.07, 6.45) is 0. The van der Waals surface area contributed by atoms with Crippen LogP contribution in [0.4, 0.5) is 0 Å². The van der Waals surface area contributed by atoms with E-state index in [0.29, 0.717) is 37.0 Å². The molecule has 0 aliphatic carbocycles. The summed E-state index contributed by atoms with van der Waals surface area (Å²) in [5.41, 5.74) is 3.08. The zero-order valence-corrected chi connectivity index (χ0v) is 17.8. The van der Waals surface area contributed by atoms with E-state index in [9.17, 15) is 4.79 Å². The molecule has 0 aliphatic rings. The standard InChI is InChI=1S/C21H26BrNO4/c1-5-25-18-8-7-16(11-19(18)26-6-2)12-23-20(24)13-27-17-9-14(3)21(22)15(4)10-17/h7-11H,5-6,12-13H2,1-4H3,(H,23,24). The molecule has 27 heavy (non-hydrogen) atoms.